The van der Waals surface area contributed by atoms with E-state index in [9.17, 15) is 0 Å². The number of hydrogen-bond acceptors (Lipinski definition) is 0. The summed E-state index contributed by atoms with van der Waals surface area (Å²) in [6.07, 6.45) is 0. The maximum atomic E-state index is 2.80. The molecule has 0 fully saturated rings. The van der Waals surface area contributed by atoms with Crippen LogP contribution in [-0.4, -0.2) is 0 Å². The van der Waals surface area contributed by atoms with E-state index in [2.05, 4.69) is 69.9 Å². The van der Waals surface area contributed by atoms with Gasteiger partial charge in [0.1, 0.15) is 0 Å². The van der Waals surface area contributed by atoms with Crippen molar-refractivity contribution in [3.63, 3.8) is 0 Å². The van der Waals surface area contributed by atoms with E-state index in [0.717, 1.165) is 0 Å². The molecule has 2 heteroatoms. The van der Waals surface area contributed by atoms with E-state index < -0.39 is 0 Å². The molecule has 1 atom stereocenters. The van der Waals surface area contributed by atoms with Crippen LogP contribution in [0.15, 0.2) is 91.0 Å². The Morgan fingerprint density at radius 1 is 0.727 bits per heavy atom. The third kappa shape index (κ3) is 3.76. The van der Waals surface area contributed by atoms with Gasteiger partial charge in [-0.05, 0) is 5.39 Å². The van der Waals surface area contributed by atoms with Crippen LogP contribution in [0.3, 0.4) is 0 Å². The smallest absolute Gasteiger partial charge is 0 e. The first-order valence-corrected chi connectivity index (χ1v) is 7.60. The molecule has 116 valence electrons. The Balaban J connectivity index is 0.000000253. The van der Waals surface area contributed by atoms with Crippen LogP contribution in [0.5, 0.6) is 0 Å². The second kappa shape index (κ2) is 8.11. The van der Waals surface area contributed by atoms with Crippen LogP contribution >= 0.6 is 9.24 Å². The zero-order chi connectivity index (χ0) is 14.5. The van der Waals surface area contributed by atoms with Crippen molar-refractivity contribution in [1.29, 1.82) is 0 Å². The average Bonchev–Trinajstić information content (AvgIpc) is 3.21. The van der Waals surface area contributed by atoms with Gasteiger partial charge in [-0.15, -0.1) is 16.9 Å². The Hall–Kier alpha value is -1.65. The molecule has 22 heavy (non-hydrogen) atoms. The minimum atomic E-state index is 0. The molecule has 0 saturated heterocycles. The van der Waals surface area contributed by atoms with Gasteiger partial charge in [-0.3, -0.25) is 0 Å². The van der Waals surface area contributed by atoms with E-state index in [0.29, 0.717) is 0 Å². The predicted octanol–water partition coefficient (Wildman–Crippen LogP) is 5.13. The summed E-state index contributed by atoms with van der Waals surface area (Å²) >= 11 is 0. The van der Waals surface area contributed by atoms with E-state index >= 15 is 0 Å². The van der Waals surface area contributed by atoms with Gasteiger partial charge < -0.3 is 30.3 Å². The van der Waals surface area contributed by atoms with Gasteiger partial charge in [-0.25, -0.2) is 0 Å². The Kier molecular flexibility index (Phi) is 6.16. The summed E-state index contributed by atoms with van der Waals surface area (Å²) in [7, 11) is 2.80. The summed E-state index contributed by atoms with van der Waals surface area (Å²) in [6, 6.07) is 31.4. The van der Waals surface area contributed by atoms with Crippen molar-refractivity contribution in [2.45, 2.75) is 0 Å². The Labute approximate surface area is 144 Å². The summed E-state index contributed by atoms with van der Waals surface area (Å²) in [4.78, 5) is 0. The molecule has 1 unspecified atom stereocenters. The molecule has 0 amide bonds. The third-order valence-electron chi connectivity index (χ3n) is 3.49. The van der Waals surface area contributed by atoms with Crippen LogP contribution in [0.25, 0.3) is 21.9 Å². The third-order valence-corrected chi connectivity index (χ3v) is 3.99. The molecule has 0 nitrogen and oxygen atoms in total. The summed E-state index contributed by atoms with van der Waals surface area (Å²) in [5.74, 6) is 0. The number of hydrogen-bond donors (Lipinski definition) is 0. The van der Waals surface area contributed by atoms with E-state index in [1.165, 1.54) is 27.2 Å². The van der Waals surface area contributed by atoms with Gasteiger partial charge in [0.15, 0.2) is 0 Å². The minimum Gasteiger partial charge on any atom is -0.748 e. The average molecular weight is 344 g/mol. The predicted molar refractivity (Wildman–Crippen MR) is 96.4 cm³/mol. The normalized spacial score (nSPS) is 9.68. The second-order valence-electron chi connectivity index (χ2n) is 4.88. The van der Waals surface area contributed by atoms with Gasteiger partial charge in [-0.1, -0.05) is 53.4 Å². The molecule has 0 saturated carbocycles. The fourth-order valence-electron chi connectivity index (χ4n) is 2.46. The molecule has 4 aromatic rings. The van der Waals surface area contributed by atoms with Gasteiger partial charge in [0.25, 0.3) is 0 Å². The van der Waals surface area contributed by atoms with Gasteiger partial charge in [0.2, 0.25) is 0 Å². The summed E-state index contributed by atoms with van der Waals surface area (Å²) in [5, 5.41) is 3.88. The van der Waals surface area contributed by atoms with Crippen LogP contribution in [0.1, 0.15) is 0 Å². The standard InChI is InChI=1S/C15H12P.C5H5.Fe/c16-15-10-4-9-14(15)13-8-3-6-11-5-1-2-7-12(11)13;1-2-4-5-3-1;/h1-10H,16H2;1-5H;/q-1;-5;. The molecule has 0 bridgehead atoms. The Bertz CT molecular complexity index is 790. The molecule has 0 heterocycles. The van der Waals surface area contributed by atoms with Crippen molar-refractivity contribution >= 4 is 25.3 Å². The number of fused-ring (bicyclic) bond motifs is 1. The monoisotopic (exact) mass is 344 g/mol. The Morgan fingerprint density at radius 3 is 2.00 bits per heavy atom. The maximum Gasteiger partial charge on any atom is 0 e. The van der Waals surface area contributed by atoms with Crippen molar-refractivity contribution in [2.75, 3.05) is 0 Å². The molecule has 0 radical (unpaired) electrons. The van der Waals surface area contributed by atoms with Crippen LogP contribution in [-0.2, 0) is 17.1 Å². The summed E-state index contributed by atoms with van der Waals surface area (Å²) in [6.45, 7) is 0. The molecule has 0 aliphatic heterocycles. The van der Waals surface area contributed by atoms with Crippen LogP contribution in [0.4, 0.5) is 0 Å². The number of rotatable bonds is 1. The SMILES string of the molecule is P[c-]1cccc1-c1cccc2ccccc12.[Fe].[cH-]1[cH-][cH-][cH-][cH-]1. The molecule has 0 aliphatic carbocycles. The zero-order valence-corrected chi connectivity index (χ0v) is 14.4. The van der Waals surface area contributed by atoms with Crippen molar-refractivity contribution in [2.24, 2.45) is 0 Å². The second-order valence-corrected chi connectivity index (χ2v) is 5.51. The molecular weight excluding hydrogens is 327 g/mol. The van der Waals surface area contributed by atoms with E-state index in [4.69, 9.17) is 0 Å². The van der Waals surface area contributed by atoms with Gasteiger partial charge in [0.05, 0.1) is 0 Å². The molecule has 4 aromatic carbocycles. The molecule has 4 rings (SSSR count). The van der Waals surface area contributed by atoms with Crippen LogP contribution in [0.2, 0.25) is 0 Å². The fraction of sp³-hybridized carbons (Fsp3) is 0. The fourth-order valence-corrected chi connectivity index (χ4v) is 2.82. The van der Waals surface area contributed by atoms with Gasteiger partial charge >= 0.3 is 0 Å². The minimum absolute atomic E-state index is 0. The molecule has 0 aromatic heterocycles. The van der Waals surface area contributed by atoms with Gasteiger partial charge in [0, 0.05) is 17.1 Å². The first-order chi connectivity index (χ1) is 10.4. The van der Waals surface area contributed by atoms with Crippen LogP contribution in [0, 0.1) is 0 Å². The van der Waals surface area contributed by atoms with E-state index in [1.807, 2.05) is 30.3 Å². The van der Waals surface area contributed by atoms with Crippen molar-refractivity contribution < 1.29 is 17.1 Å². The Morgan fingerprint density at radius 2 is 1.36 bits per heavy atom. The summed E-state index contributed by atoms with van der Waals surface area (Å²) in [5.41, 5.74) is 2.62. The molecule has 0 spiro atoms. The van der Waals surface area contributed by atoms with Crippen molar-refractivity contribution in [3.8, 4) is 11.1 Å². The topological polar surface area (TPSA) is 0 Å². The zero-order valence-electron chi connectivity index (χ0n) is 12.1. The number of benzene rings is 2. The maximum absolute atomic E-state index is 2.80. The van der Waals surface area contributed by atoms with E-state index in [-0.39, 0.29) is 17.1 Å². The first kappa shape index (κ1) is 16.7. The largest absolute Gasteiger partial charge is 0.748 e. The molecule has 0 aliphatic rings. The molecular formula is C20H17FeP-6. The first-order valence-electron chi connectivity index (χ1n) is 7.02. The van der Waals surface area contributed by atoms with Gasteiger partial charge in [-0.2, -0.15) is 21.4 Å². The van der Waals surface area contributed by atoms with Crippen molar-refractivity contribution in [3.05, 3.63) is 91.0 Å². The quantitative estimate of drug-likeness (QED) is 0.255. The van der Waals surface area contributed by atoms with E-state index in [1.54, 1.807) is 0 Å². The van der Waals surface area contributed by atoms with Crippen molar-refractivity contribution in [1.82, 2.24) is 0 Å². The summed E-state index contributed by atoms with van der Waals surface area (Å²) < 4.78 is 0. The van der Waals surface area contributed by atoms with Crippen LogP contribution < -0.4 is 5.30 Å². The molecule has 0 N–H and O–H groups in total.